The number of hydrogen-bond acceptors (Lipinski definition) is 2. The lowest BCUT2D eigenvalue weighted by Crippen LogP contribution is -2.41. The van der Waals surface area contributed by atoms with Gasteiger partial charge in [-0.25, -0.2) is 9.18 Å². The third-order valence-corrected chi connectivity index (χ3v) is 4.14. The number of amides is 2. The molecule has 1 aliphatic rings. The van der Waals surface area contributed by atoms with Gasteiger partial charge in [-0.1, -0.05) is 24.3 Å². The van der Waals surface area contributed by atoms with Gasteiger partial charge in [0.15, 0.2) is 0 Å². The molecule has 1 fully saturated rings. The Morgan fingerprint density at radius 2 is 1.71 bits per heavy atom. The van der Waals surface area contributed by atoms with Crippen LogP contribution < -0.4 is 5.32 Å². The molecule has 0 spiro atoms. The Bertz CT molecular complexity index is 682. The van der Waals surface area contributed by atoms with Crippen LogP contribution in [0.2, 0.25) is 0 Å². The molecule has 1 aliphatic carbocycles. The Labute approximate surface area is 140 Å². The lowest BCUT2D eigenvalue weighted by atomic mass is 10.1. The molecule has 0 aromatic heterocycles. The molecule has 0 aliphatic heterocycles. The normalized spacial score (nSPS) is 13.5. The molecule has 3 rings (SSSR count). The molecule has 0 bridgehead atoms. The lowest BCUT2D eigenvalue weighted by molar-refractivity contribution is 0.192. The van der Waals surface area contributed by atoms with Crippen LogP contribution in [-0.2, 0) is 13.0 Å². The predicted octanol–water partition coefficient (Wildman–Crippen LogP) is 3.45. The molecule has 126 valence electrons. The molecule has 24 heavy (non-hydrogen) atoms. The summed E-state index contributed by atoms with van der Waals surface area (Å²) in [4.78, 5) is 14.3. The minimum Gasteiger partial charge on any atom is -0.508 e. The van der Waals surface area contributed by atoms with Crippen LogP contribution in [0.4, 0.5) is 9.18 Å². The second kappa shape index (κ2) is 7.34. The average Bonchev–Trinajstić information content (AvgIpc) is 3.41. The Hall–Kier alpha value is -2.56. The monoisotopic (exact) mass is 328 g/mol. The molecular weight excluding hydrogens is 307 g/mol. The first-order valence-electron chi connectivity index (χ1n) is 8.18. The van der Waals surface area contributed by atoms with E-state index in [1.54, 1.807) is 24.3 Å². The first kappa shape index (κ1) is 16.3. The number of halogens is 1. The van der Waals surface area contributed by atoms with Crippen molar-refractivity contribution in [3.05, 3.63) is 65.5 Å². The quantitative estimate of drug-likeness (QED) is 0.853. The minimum absolute atomic E-state index is 0.0762. The fourth-order valence-corrected chi connectivity index (χ4v) is 2.62. The maximum Gasteiger partial charge on any atom is 0.317 e. The molecule has 5 heteroatoms. The molecule has 1 saturated carbocycles. The van der Waals surface area contributed by atoms with Gasteiger partial charge < -0.3 is 15.3 Å². The van der Waals surface area contributed by atoms with Crippen molar-refractivity contribution >= 4 is 6.03 Å². The van der Waals surface area contributed by atoms with Gasteiger partial charge in [0.25, 0.3) is 0 Å². The zero-order valence-corrected chi connectivity index (χ0v) is 13.4. The third-order valence-electron chi connectivity index (χ3n) is 4.14. The van der Waals surface area contributed by atoms with Crippen LogP contribution in [-0.4, -0.2) is 28.6 Å². The van der Waals surface area contributed by atoms with Crippen LogP contribution in [0, 0.1) is 5.82 Å². The highest BCUT2D eigenvalue weighted by Crippen LogP contribution is 2.28. The van der Waals surface area contributed by atoms with E-state index in [9.17, 15) is 14.3 Å². The van der Waals surface area contributed by atoms with Crippen molar-refractivity contribution in [1.29, 1.82) is 0 Å². The summed E-state index contributed by atoms with van der Waals surface area (Å²) in [5.41, 5.74) is 1.99. The lowest BCUT2D eigenvalue weighted by Gasteiger charge is -2.23. The Kier molecular flexibility index (Phi) is 4.99. The van der Waals surface area contributed by atoms with Gasteiger partial charge in [0.05, 0.1) is 0 Å². The summed E-state index contributed by atoms with van der Waals surface area (Å²) in [5.74, 6) is -0.0305. The zero-order valence-electron chi connectivity index (χ0n) is 13.4. The van der Waals surface area contributed by atoms with Crippen molar-refractivity contribution in [2.75, 3.05) is 6.54 Å². The number of nitrogens with one attached hydrogen (secondary N) is 1. The highest BCUT2D eigenvalue weighted by molar-refractivity contribution is 5.75. The maximum absolute atomic E-state index is 12.9. The second-order valence-electron chi connectivity index (χ2n) is 6.13. The Balaban J connectivity index is 1.52. The number of rotatable bonds is 6. The fraction of sp³-hybridized carbons (Fsp3) is 0.316. The number of hydrogen-bond donors (Lipinski definition) is 2. The van der Waals surface area contributed by atoms with Crippen LogP contribution >= 0.6 is 0 Å². The van der Waals surface area contributed by atoms with Gasteiger partial charge in [-0.2, -0.15) is 0 Å². The summed E-state index contributed by atoms with van der Waals surface area (Å²) in [6.45, 7) is 1.05. The van der Waals surface area contributed by atoms with Gasteiger partial charge in [-0.05, 0) is 54.7 Å². The maximum atomic E-state index is 12.9. The molecule has 0 radical (unpaired) electrons. The molecule has 0 saturated heterocycles. The Morgan fingerprint density at radius 1 is 1.08 bits per heavy atom. The smallest absolute Gasteiger partial charge is 0.317 e. The van der Waals surface area contributed by atoms with Crippen molar-refractivity contribution in [2.24, 2.45) is 0 Å². The fourth-order valence-electron chi connectivity index (χ4n) is 2.62. The highest BCUT2D eigenvalue weighted by Gasteiger charge is 2.32. The molecule has 0 atom stereocenters. The van der Waals surface area contributed by atoms with E-state index < -0.39 is 0 Å². The van der Waals surface area contributed by atoms with Crippen molar-refractivity contribution in [2.45, 2.75) is 31.8 Å². The van der Waals surface area contributed by atoms with Crippen LogP contribution in [0.25, 0.3) is 0 Å². The predicted molar refractivity (Wildman–Crippen MR) is 90.2 cm³/mol. The van der Waals surface area contributed by atoms with E-state index in [0.29, 0.717) is 25.6 Å². The van der Waals surface area contributed by atoms with Crippen molar-refractivity contribution in [3.8, 4) is 5.75 Å². The third kappa shape index (κ3) is 4.47. The average molecular weight is 328 g/mol. The number of carbonyl (C=O) groups excluding carboxylic acids is 1. The summed E-state index contributed by atoms with van der Waals surface area (Å²) < 4.78 is 12.9. The number of aromatic hydroxyl groups is 1. The van der Waals surface area contributed by atoms with Crippen LogP contribution in [0.1, 0.15) is 24.0 Å². The van der Waals surface area contributed by atoms with Gasteiger partial charge in [-0.3, -0.25) is 0 Å². The van der Waals surface area contributed by atoms with Gasteiger partial charge in [0.1, 0.15) is 11.6 Å². The zero-order chi connectivity index (χ0) is 16.9. The summed E-state index contributed by atoms with van der Waals surface area (Å²) in [7, 11) is 0. The minimum atomic E-state index is -0.253. The van der Waals surface area contributed by atoms with Gasteiger partial charge in [0.2, 0.25) is 0 Å². The standard InChI is InChI=1S/C19H21FN2O2/c20-16-5-1-14(2-6-16)11-12-21-19(24)22(17-7-8-17)13-15-3-9-18(23)10-4-15/h1-6,9-10,17,23H,7-8,11-13H2,(H,21,24). The summed E-state index contributed by atoms with van der Waals surface area (Å²) >= 11 is 0. The number of nitrogens with zero attached hydrogens (tertiary/aromatic N) is 1. The van der Waals surface area contributed by atoms with E-state index >= 15 is 0 Å². The second-order valence-corrected chi connectivity index (χ2v) is 6.13. The molecule has 2 aromatic carbocycles. The van der Waals surface area contributed by atoms with Crippen LogP contribution in [0.15, 0.2) is 48.5 Å². The first-order valence-corrected chi connectivity index (χ1v) is 8.18. The van der Waals surface area contributed by atoms with E-state index in [0.717, 1.165) is 24.0 Å². The van der Waals surface area contributed by atoms with Gasteiger partial charge in [-0.15, -0.1) is 0 Å². The molecular formula is C19H21FN2O2. The van der Waals surface area contributed by atoms with E-state index in [1.165, 1.54) is 12.1 Å². The van der Waals surface area contributed by atoms with Crippen molar-refractivity contribution in [3.63, 3.8) is 0 Å². The number of carbonyl (C=O) groups is 1. The number of phenolic OH excluding ortho intramolecular Hbond substituents is 1. The number of phenols is 1. The largest absolute Gasteiger partial charge is 0.508 e. The first-order chi connectivity index (χ1) is 11.6. The molecule has 2 amide bonds. The van der Waals surface area contributed by atoms with E-state index in [1.807, 2.05) is 17.0 Å². The van der Waals surface area contributed by atoms with E-state index in [-0.39, 0.29) is 17.6 Å². The number of benzene rings is 2. The number of urea groups is 1. The van der Waals surface area contributed by atoms with E-state index in [4.69, 9.17) is 0 Å². The SMILES string of the molecule is O=C(NCCc1ccc(F)cc1)N(Cc1ccc(O)cc1)C1CC1. The summed E-state index contributed by atoms with van der Waals surface area (Å²) in [5, 5.41) is 12.3. The molecule has 4 nitrogen and oxygen atoms in total. The van der Waals surface area contributed by atoms with E-state index in [2.05, 4.69) is 5.32 Å². The van der Waals surface area contributed by atoms with Crippen LogP contribution in [0.3, 0.4) is 0 Å². The summed E-state index contributed by atoms with van der Waals surface area (Å²) in [6.07, 6.45) is 2.73. The molecule has 0 unspecified atom stereocenters. The molecule has 2 aromatic rings. The molecule has 2 N–H and O–H groups in total. The Morgan fingerprint density at radius 3 is 2.33 bits per heavy atom. The topological polar surface area (TPSA) is 52.6 Å². The molecule has 0 heterocycles. The van der Waals surface area contributed by atoms with Crippen LogP contribution in [0.5, 0.6) is 5.75 Å². The highest BCUT2D eigenvalue weighted by atomic mass is 19.1. The van der Waals surface area contributed by atoms with Gasteiger partial charge in [0, 0.05) is 19.1 Å². The summed E-state index contributed by atoms with van der Waals surface area (Å²) in [6, 6.07) is 13.5. The van der Waals surface area contributed by atoms with Crippen molar-refractivity contribution in [1.82, 2.24) is 10.2 Å². The van der Waals surface area contributed by atoms with Gasteiger partial charge >= 0.3 is 6.03 Å². The van der Waals surface area contributed by atoms with Crippen molar-refractivity contribution < 1.29 is 14.3 Å².